The number of benzene rings is 2. The lowest BCUT2D eigenvalue weighted by molar-refractivity contribution is 0.102. The average Bonchev–Trinajstić information content (AvgIpc) is 3.08. The molecule has 0 saturated heterocycles. The first-order valence-corrected chi connectivity index (χ1v) is 7.78. The van der Waals surface area contributed by atoms with Crippen molar-refractivity contribution in [1.29, 1.82) is 0 Å². The van der Waals surface area contributed by atoms with Crippen LogP contribution in [0.3, 0.4) is 0 Å². The van der Waals surface area contributed by atoms with Gasteiger partial charge in [-0.1, -0.05) is 18.2 Å². The maximum atomic E-state index is 13.3. The van der Waals surface area contributed by atoms with Gasteiger partial charge in [-0.05, 0) is 42.5 Å². The average molecular weight is 350 g/mol. The molecule has 0 aliphatic carbocycles. The molecule has 26 heavy (non-hydrogen) atoms. The van der Waals surface area contributed by atoms with Crippen LogP contribution in [-0.2, 0) is 0 Å². The van der Waals surface area contributed by atoms with E-state index in [0.717, 1.165) is 17.7 Å². The Labute approximate surface area is 146 Å². The number of carbonyl (C=O) groups excluding carboxylic acids is 1. The van der Waals surface area contributed by atoms with E-state index in [1.807, 2.05) is 34.9 Å². The molecule has 0 bridgehead atoms. The van der Waals surface area contributed by atoms with E-state index in [4.69, 9.17) is 0 Å². The van der Waals surface area contributed by atoms with Crippen LogP contribution in [0.25, 0.3) is 17.0 Å². The van der Waals surface area contributed by atoms with Gasteiger partial charge in [-0.3, -0.25) is 9.20 Å². The molecule has 0 aliphatic rings. The monoisotopic (exact) mass is 350 g/mol. The third-order valence-electron chi connectivity index (χ3n) is 3.87. The molecule has 0 fully saturated rings. The standard InChI is InChI=1S/C19H12F2N4O/c20-15-8-7-13(11-16(15)21)19(26)22-14-5-3-4-12(10-14)18-24-23-17-6-1-2-9-25(17)18/h1-11H,(H,22,26). The number of amides is 1. The lowest BCUT2D eigenvalue weighted by Crippen LogP contribution is -2.12. The van der Waals surface area contributed by atoms with Gasteiger partial charge >= 0.3 is 0 Å². The molecule has 5 nitrogen and oxygen atoms in total. The zero-order valence-corrected chi connectivity index (χ0v) is 13.4. The van der Waals surface area contributed by atoms with E-state index >= 15 is 0 Å². The highest BCUT2D eigenvalue weighted by Crippen LogP contribution is 2.22. The summed E-state index contributed by atoms with van der Waals surface area (Å²) in [4.78, 5) is 12.3. The third-order valence-corrected chi connectivity index (χ3v) is 3.87. The van der Waals surface area contributed by atoms with Crippen molar-refractivity contribution in [2.45, 2.75) is 0 Å². The highest BCUT2D eigenvalue weighted by Gasteiger charge is 2.12. The van der Waals surface area contributed by atoms with Crippen LogP contribution in [0.1, 0.15) is 10.4 Å². The quantitative estimate of drug-likeness (QED) is 0.609. The molecular weight excluding hydrogens is 338 g/mol. The Morgan fingerprint density at radius 1 is 0.923 bits per heavy atom. The Hall–Kier alpha value is -3.61. The first kappa shape index (κ1) is 15.9. The van der Waals surface area contributed by atoms with Gasteiger partial charge in [0.2, 0.25) is 0 Å². The molecule has 1 amide bonds. The number of rotatable bonds is 3. The molecule has 1 N–H and O–H groups in total. The van der Waals surface area contributed by atoms with E-state index in [1.165, 1.54) is 6.07 Å². The van der Waals surface area contributed by atoms with Crippen molar-refractivity contribution in [2.75, 3.05) is 5.32 Å². The molecule has 2 aromatic carbocycles. The van der Waals surface area contributed by atoms with Crippen molar-refractivity contribution in [2.24, 2.45) is 0 Å². The van der Waals surface area contributed by atoms with Crippen molar-refractivity contribution < 1.29 is 13.6 Å². The Morgan fingerprint density at radius 2 is 1.81 bits per heavy atom. The lowest BCUT2D eigenvalue weighted by atomic mass is 10.1. The molecule has 128 valence electrons. The fourth-order valence-electron chi connectivity index (χ4n) is 2.61. The fourth-order valence-corrected chi connectivity index (χ4v) is 2.61. The number of hydrogen-bond acceptors (Lipinski definition) is 3. The van der Waals surface area contributed by atoms with Crippen molar-refractivity contribution in [3.8, 4) is 11.4 Å². The van der Waals surface area contributed by atoms with E-state index in [9.17, 15) is 13.6 Å². The third kappa shape index (κ3) is 2.90. The van der Waals surface area contributed by atoms with Gasteiger partial charge in [-0.15, -0.1) is 10.2 Å². The van der Waals surface area contributed by atoms with Crippen molar-refractivity contribution in [3.05, 3.63) is 84.1 Å². The van der Waals surface area contributed by atoms with Gasteiger partial charge in [0.15, 0.2) is 23.1 Å². The summed E-state index contributed by atoms with van der Waals surface area (Å²) < 4.78 is 28.1. The van der Waals surface area contributed by atoms with E-state index in [1.54, 1.807) is 18.2 Å². The molecule has 0 saturated carbocycles. The highest BCUT2D eigenvalue weighted by atomic mass is 19.2. The maximum absolute atomic E-state index is 13.3. The summed E-state index contributed by atoms with van der Waals surface area (Å²) in [6, 6.07) is 15.6. The number of nitrogens with one attached hydrogen (secondary N) is 1. The second-order valence-corrected chi connectivity index (χ2v) is 5.62. The van der Waals surface area contributed by atoms with Crippen molar-refractivity contribution in [3.63, 3.8) is 0 Å². The topological polar surface area (TPSA) is 59.3 Å². The highest BCUT2D eigenvalue weighted by molar-refractivity contribution is 6.04. The zero-order valence-electron chi connectivity index (χ0n) is 13.4. The van der Waals surface area contributed by atoms with E-state index in [2.05, 4.69) is 15.5 Å². The Bertz CT molecular complexity index is 1120. The number of pyridine rings is 1. The van der Waals surface area contributed by atoms with Crippen LogP contribution in [0.2, 0.25) is 0 Å². The molecule has 2 heterocycles. The fraction of sp³-hybridized carbons (Fsp3) is 0. The van der Waals surface area contributed by atoms with E-state index in [-0.39, 0.29) is 5.56 Å². The van der Waals surface area contributed by atoms with Gasteiger partial charge in [0, 0.05) is 23.0 Å². The number of nitrogens with zero attached hydrogens (tertiary/aromatic N) is 3. The smallest absolute Gasteiger partial charge is 0.255 e. The van der Waals surface area contributed by atoms with Crippen LogP contribution in [0.5, 0.6) is 0 Å². The Balaban J connectivity index is 1.63. The van der Waals surface area contributed by atoms with E-state index in [0.29, 0.717) is 17.2 Å². The Morgan fingerprint density at radius 3 is 2.65 bits per heavy atom. The van der Waals surface area contributed by atoms with Gasteiger partial charge in [0.05, 0.1) is 0 Å². The first-order chi connectivity index (χ1) is 12.6. The summed E-state index contributed by atoms with van der Waals surface area (Å²) in [6.45, 7) is 0. The summed E-state index contributed by atoms with van der Waals surface area (Å²) >= 11 is 0. The SMILES string of the molecule is O=C(Nc1cccc(-c2nnc3ccccn23)c1)c1ccc(F)c(F)c1. The minimum Gasteiger partial charge on any atom is -0.322 e. The summed E-state index contributed by atoms with van der Waals surface area (Å²) in [5, 5.41) is 10.9. The molecule has 0 unspecified atom stereocenters. The number of aromatic nitrogens is 3. The van der Waals surface area contributed by atoms with E-state index < -0.39 is 17.5 Å². The van der Waals surface area contributed by atoms with Gasteiger partial charge in [0.1, 0.15) is 0 Å². The van der Waals surface area contributed by atoms with Crippen LogP contribution < -0.4 is 5.32 Å². The maximum Gasteiger partial charge on any atom is 0.255 e. The van der Waals surface area contributed by atoms with Gasteiger partial charge < -0.3 is 5.32 Å². The molecule has 4 rings (SSSR count). The predicted octanol–water partition coefficient (Wildman–Crippen LogP) is 3.93. The van der Waals surface area contributed by atoms with Crippen LogP contribution >= 0.6 is 0 Å². The van der Waals surface area contributed by atoms with Crippen LogP contribution in [0, 0.1) is 11.6 Å². The minimum atomic E-state index is -1.07. The van der Waals surface area contributed by atoms with Gasteiger partial charge in [-0.2, -0.15) is 0 Å². The van der Waals surface area contributed by atoms with Gasteiger partial charge in [-0.25, -0.2) is 8.78 Å². The molecule has 0 aliphatic heterocycles. The van der Waals surface area contributed by atoms with Crippen molar-refractivity contribution in [1.82, 2.24) is 14.6 Å². The second-order valence-electron chi connectivity index (χ2n) is 5.62. The van der Waals surface area contributed by atoms with Crippen LogP contribution in [0.15, 0.2) is 66.9 Å². The van der Waals surface area contributed by atoms with Gasteiger partial charge in [0.25, 0.3) is 5.91 Å². The molecule has 7 heteroatoms. The molecule has 4 aromatic rings. The largest absolute Gasteiger partial charge is 0.322 e. The first-order valence-electron chi connectivity index (χ1n) is 7.78. The Kier molecular flexibility index (Phi) is 3.89. The summed E-state index contributed by atoms with van der Waals surface area (Å²) in [5.74, 6) is -1.97. The number of halogens is 2. The summed E-state index contributed by atoms with van der Waals surface area (Å²) in [7, 11) is 0. The molecule has 0 atom stereocenters. The molecule has 2 aromatic heterocycles. The normalized spacial score (nSPS) is 10.8. The number of hydrogen-bond donors (Lipinski definition) is 1. The van der Waals surface area contributed by atoms with Crippen LogP contribution in [0.4, 0.5) is 14.5 Å². The molecular formula is C19H12F2N4O. The number of fused-ring (bicyclic) bond motifs is 1. The molecule has 0 spiro atoms. The number of anilines is 1. The zero-order chi connectivity index (χ0) is 18.1. The lowest BCUT2D eigenvalue weighted by Gasteiger charge is -2.07. The van der Waals surface area contributed by atoms with Crippen LogP contribution in [-0.4, -0.2) is 20.5 Å². The minimum absolute atomic E-state index is 0.0298. The number of carbonyl (C=O) groups is 1. The summed E-state index contributed by atoms with van der Waals surface area (Å²) in [6.07, 6.45) is 1.84. The molecule has 0 radical (unpaired) electrons. The second kappa shape index (κ2) is 6.36. The predicted molar refractivity (Wildman–Crippen MR) is 92.7 cm³/mol. The van der Waals surface area contributed by atoms with Crippen molar-refractivity contribution >= 4 is 17.2 Å². The summed E-state index contributed by atoms with van der Waals surface area (Å²) in [5.41, 5.74) is 2.00.